The Morgan fingerprint density at radius 2 is 1.84 bits per heavy atom. The second-order valence-corrected chi connectivity index (χ2v) is 12.1. The number of carbonyl (C=O) groups excluding carboxylic acids is 1. The SMILES string of the molecule is CC1CN(C(=O)C(C)(C)C)C(C)CN1Cc1nsc(NCC2CCCN2C(C)(C)C)n1. The highest BCUT2D eigenvalue weighted by Gasteiger charge is 2.37. The lowest BCUT2D eigenvalue weighted by Crippen LogP contribution is -2.59. The smallest absolute Gasteiger partial charge is 0.228 e. The molecule has 3 atom stereocenters. The number of likely N-dealkylation sites (tertiary alicyclic amines) is 1. The highest BCUT2D eigenvalue weighted by atomic mass is 32.1. The fourth-order valence-electron chi connectivity index (χ4n) is 4.84. The third-order valence-corrected chi connectivity index (χ3v) is 7.27. The topological polar surface area (TPSA) is 64.6 Å². The first-order chi connectivity index (χ1) is 14.4. The fraction of sp³-hybridized carbons (Fsp3) is 0.870. The molecule has 2 saturated heterocycles. The lowest BCUT2D eigenvalue weighted by atomic mass is 9.92. The predicted molar refractivity (Wildman–Crippen MR) is 128 cm³/mol. The zero-order valence-electron chi connectivity index (χ0n) is 20.7. The molecule has 1 N–H and O–H groups in total. The second kappa shape index (κ2) is 9.32. The molecule has 2 aliphatic heterocycles. The molecule has 0 saturated carbocycles. The zero-order valence-corrected chi connectivity index (χ0v) is 21.6. The van der Waals surface area contributed by atoms with E-state index < -0.39 is 0 Å². The minimum Gasteiger partial charge on any atom is -0.359 e. The van der Waals surface area contributed by atoms with E-state index in [1.807, 2.05) is 25.7 Å². The Morgan fingerprint density at radius 1 is 1.13 bits per heavy atom. The van der Waals surface area contributed by atoms with Crippen LogP contribution in [0.4, 0.5) is 5.13 Å². The van der Waals surface area contributed by atoms with Gasteiger partial charge in [0, 0.05) is 60.2 Å². The van der Waals surface area contributed by atoms with Gasteiger partial charge in [-0.2, -0.15) is 4.37 Å². The summed E-state index contributed by atoms with van der Waals surface area (Å²) in [5.74, 6) is 1.11. The molecule has 176 valence electrons. The summed E-state index contributed by atoms with van der Waals surface area (Å²) in [5, 5.41) is 4.45. The molecule has 1 aromatic rings. The van der Waals surface area contributed by atoms with Crippen molar-refractivity contribution in [2.24, 2.45) is 5.41 Å². The Labute approximate surface area is 192 Å². The van der Waals surface area contributed by atoms with Crippen molar-refractivity contribution in [2.75, 3.05) is 31.5 Å². The van der Waals surface area contributed by atoms with E-state index in [1.54, 1.807) is 0 Å². The molecule has 2 aliphatic rings. The maximum Gasteiger partial charge on any atom is 0.228 e. The van der Waals surface area contributed by atoms with Crippen LogP contribution in [0.25, 0.3) is 0 Å². The van der Waals surface area contributed by atoms with Gasteiger partial charge in [-0.05, 0) is 54.0 Å². The van der Waals surface area contributed by atoms with Gasteiger partial charge in [0.05, 0.1) is 6.54 Å². The van der Waals surface area contributed by atoms with Gasteiger partial charge in [-0.1, -0.05) is 20.8 Å². The largest absolute Gasteiger partial charge is 0.359 e. The van der Waals surface area contributed by atoms with E-state index in [9.17, 15) is 4.79 Å². The molecular weight excluding hydrogens is 408 g/mol. The van der Waals surface area contributed by atoms with Crippen molar-refractivity contribution in [3.05, 3.63) is 5.82 Å². The van der Waals surface area contributed by atoms with Gasteiger partial charge in [0.1, 0.15) is 0 Å². The summed E-state index contributed by atoms with van der Waals surface area (Å²) in [5.41, 5.74) is -0.131. The summed E-state index contributed by atoms with van der Waals surface area (Å²) in [4.78, 5) is 24.6. The maximum atomic E-state index is 12.8. The zero-order chi connectivity index (χ0) is 23.0. The Balaban J connectivity index is 1.54. The van der Waals surface area contributed by atoms with Crippen molar-refractivity contribution in [2.45, 2.75) is 98.4 Å². The molecular formula is C23H42N6OS. The average Bonchev–Trinajstić information content (AvgIpc) is 3.30. The number of rotatable bonds is 5. The molecule has 2 fully saturated rings. The minimum atomic E-state index is -0.338. The summed E-state index contributed by atoms with van der Waals surface area (Å²) in [7, 11) is 0. The first kappa shape index (κ1) is 24.4. The molecule has 1 aromatic heterocycles. The summed E-state index contributed by atoms with van der Waals surface area (Å²) >= 11 is 1.46. The molecule has 0 radical (unpaired) electrons. The van der Waals surface area contributed by atoms with Gasteiger partial charge in [-0.3, -0.25) is 14.6 Å². The lowest BCUT2D eigenvalue weighted by Gasteiger charge is -2.45. The number of anilines is 1. The summed E-state index contributed by atoms with van der Waals surface area (Å²) in [6.07, 6.45) is 2.51. The number of aromatic nitrogens is 2. The summed E-state index contributed by atoms with van der Waals surface area (Å²) < 4.78 is 4.61. The van der Waals surface area contributed by atoms with Crippen molar-refractivity contribution in [1.29, 1.82) is 0 Å². The van der Waals surface area contributed by atoms with Crippen molar-refractivity contribution in [3.8, 4) is 0 Å². The van der Waals surface area contributed by atoms with Crippen LogP contribution in [0.3, 0.4) is 0 Å². The second-order valence-electron chi connectivity index (χ2n) is 11.4. The van der Waals surface area contributed by atoms with Gasteiger partial charge in [-0.15, -0.1) is 0 Å². The Morgan fingerprint density at radius 3 is 2.48 bits per heavy atom. The average molecular weight is 451 g/mol. The number of nitrogens with one attached hydrogen (secondary N) is 1. The molecule has 0 aliphatic carbocycles. The van der Waals surface area contributed by atoms with Gasteiger partial charge in [0.15, 0.2) is 5.82 Å². The number of hydrogen-bond acceptors (Lipinski definition) is 7. The lowest BCUT2D eigenvalue weighted by molar-refractivity contribution is -0.145. The number of amides is 1. The van der Waals surface area contributed by atoms with Crippen LogP contribution in [-0.4, -0.2) is 79.8 Å². The van der Waals surface area contributed by atoms with E-state index in [0.717, 1.165) is 37.1 Å². The molecule has 31 heavy (non-hydrogen) atoms. The van der Waals surface area contributed by atoms with E-state index in [4.69, 9.17) is 4.98 Å². The van der Waals surface area contributed by atoms with Gasteiger partial charge in [-0.25, -0.2) is 4.98 Å². The Bertz CT molecular complexity index is 752. The van der Waals surface area contributed by atoms with Crippen LogP contribution in [0.2, 0.25) is 0 Å². The molecule has 7 nitrogen and oxygen atoms in total. The molecule has 3 unspecified atom stereocenters. The van der Waals surface area contributed by atoms with E-state index >= 15 is 0 Å². The quantitative estimate of drug-likeness (QED) is 0.738. The third kappa shape index (κ3) is 5.96. The monoisotopic (exact) mass is 450 g/mol. The van der Waals surface area contributed by atoms with E-state index in [1.165, 1.54) is 30.9 Å². The number of piperazine rings is 1. The van der Waals surface area contributed by atoms with Crippen molar-refractivity contribution in [1.82, 2.24) is 24.1 Å². The van der Waals surface area contributed by atoms with E-state index in [2.05, 4.69) is 54.1 Å². The minimum absolute atomic E-state index is 0.199. The van der Waals surface area contributed by atoms with Crippen molar-refractivity contribution < 1.29 is 4.79 Å². The molecule has 3 rings (SSSR count). The van der Waals surface area contributed by atoms with Crippen molar-refractivity contribution >= 4 is 22.6 Å². The fourth-order valence-corrected chi connectivity index (χ4v) is 5.42. The highest BCUT2D eigenvalue weighted by Crippen LogP contribution is 2.27. The van der Waals surface area contributed by atoms with Crippen LogP contribution in [0.1, 0.15) is 74.1 Å². The van der Waals surface area contributed by atoms with Crippen LogP contribution < -0.4 is 5.32 Å². The van der Waals surface area contributed by atoms with Gasteiger partial charge >= 0.3 is 0 Å². The molecule has 0 bridgehead atoms. The summed E-state index contributed by atoms with van der Waals surface area (Å²) in [6.45, 7) is 21.7. The third-order valence-electron chi connectivity index (χ3n) is 6.56. The number of nitrogens with zero attached hydrogens (tertiary/aromatic N) is 5. The van der Waals surface area contributed by atoms with E-state index in [-0.39, 0.29) is 22.9 Å². The highest BCUT2D eigenvalue weighted by molar-refractivity contribution is 7.09. The standard InChI is InChI=1S/C23H42N6OS/c1-16-14-28(20(30)22(3,4)5)17(2)13-27(16)15-19-25-21(31-26-19)24-12-18-10-9-11-29(18)23(6,7)8/h16-18H,9-15H2,1-8H3,(H,24,25,26). The van der Waals surface area contributed by atoms with Crippen LogP contribution in [0.15, 0.2) is 0 Å². The summed E-state index contributed by atoms with van der Waals surface area (Å²) in [6, 6.07) is 1.05. The van der Waals surface area contributed by atoms with Gasteiger partial charge in [0.2, 0.25) is 11.0 Å². The molecule has 1 amide bonds. The van der Waals surface area contributed by atoms with Crippen LogP contribution >= 0.6 is 11.5 Å². The van der Waals surface area contributed by atoms with Gasteiger partial charge < -0.3 is 10.2 Å². The van der Waals surface area contributed by atoms with Gasteiger partial charge in [0.25, 0.3) is 0 Å². The number of hydrogen-bond donors (Lipinski definition) is 1. The first-order valence-corrected chi connectivity index (χ1v) is 12.5. The molecule has 8 heteroatoms. The molecule has 0 spiro atoms. The van der Waals surface area contributed by atoms with Crippen LogP contribution in [0.5, 0.6) is 0 Å². The van der Waals surface area contributed by atoms with E-state index in [0.29, 0.717) is 12.1 Å². The first-order valence-electron chi connectivity index (χ1n) is 11.7. The predicted octanol–water partition coefficient (Wildman–Crippen LogP) is 3.68. The maximum absolute atomic E-state index is 12.8. The van der Waals surface area contributed by atoms with Crippen LogP contribution in [-0.2, 0) is 11.3 Å². The Kier molecular flexibility index (Phi) is 7.33. The van der Waals surface area contributed by atoms with Crippen LogP contribution in [0, 0.1) is 5.41 Å². The molecule has 0 aromatic carbocycles. The Hall–Kier alpha value is -1.25. The molecule has 3 heterocycles. The van der Waals surface area contributed by atoms with Crippen molar-refractivity contribution in [3.63, 3.8) is 0 Å². The normalized spacial score (nSPS) is 26.5. The number of carbonyl (C=O) groups is 1.